The number of hydrogen-bond donors (Lipinski definition) is 3. The second-order valence-corrected chi connectivity index (χ2v) is 6.29. The molecule has 0 aromatic carbocycles. The summed E-state index contributed by atoms with van der Waals surface area (Å²) in [4.78, 5) is 23.4. The molecule has 0 radical (unpaired) electrons. The molecule has 2 fully saturated rings. The van der Waals surface area contributed by atoms with Gasteiger partial charge in [-0.1, -0.05) is 19.8 Å². The van der Waals surface area contributed by atoms with E-state index in [1.165, 1.54) is 12.8 Å². The van der Waals surface area contributed by atoms with Crippen LogP contribution in [-0.2, 0) is 9.53 Å². The van der Waals surface area contributed by atoms with Crippen LogP contribution in [0, 0.1) is 5.92 Å². The number of carbonyl (C=O) groups excluding carboxylic acids is 1. The Bertz CT molecular complexity index is 372. The highest BCUT2D eigenvalue weighted by Gasteiger charge is 2.44. The van der Waals surface area contributed by atoms with E-state index in [0.717, 1.165) is 31.6 Å². The largest absolute Gasteiger partial charge is 0.479 e. The molecule has 21 heavy (non-hydrogen) atoms. The van der Waals surface area contributed by atoms with E-state index in [1.54, 1.807) is 0 Å². The van der Waals surface area contributed by atoms with E-state index in [9.17, 15) is 14.7 Å². The van der Waals surface area contributed by atoms with E-state index in [-0.39, 0.29) is 18.7 Å². The van der Waals surface area contributed by atoms with Gasteiger partial charge in [0.05, 0.1) is 6.61 Å². The Balaban J connectivity index is 1.78. The van der Waals surface area contributed by atoms with Gasteiger partial charge in [-0.2, -0.15) is 0 Å². The maximum absolute atomic E-state index is 12.0. The standard InChI is InChI=1S/C15H26N2O4/c1-2-3-11-4-6-12(7-5-11)16-14(20)17-15(13(18)19)8-9-21-10-15/h11-12H,2-10H2,1H3,(H,18,19)(H2,16,17,20). The van der Waals surface area contributed by atoms with Crippen molar-refractivity contribution in [2.45, 2.75) is 63.5 Å². The highest BCUT2D eigenvalue weighted by molar-refractivity contribution is 5.86. The molecular formula is C15H26N2O4. The van der Waals surface area contributed by atoms with Crippen molar-refractivity contribution in [2.24, 2.45) is 5.92 Å². The Labute approximate surface area is 125 Å². The van der Waals surface area contributed by atoms with E-state index < -0.39 is 11.5 Å². The van der Waals surface area contributed by atoms with Crippen LogP contribution in [0.3, 0.4) is 0 Å². The molecule has 0 bridgehead atoms. The number of hydrogen-bond acceptors (Lipinski definition) is 3. The lowest BCUT2D eigenvalue weighted by Crippen LogP contribution is -2.59. The monoisotopic (exact) mass is 298 g/mol. The number of nitrogens with one attached hydrogen (secondary N) is 2. The Hall–Kier alpha value is -1.30. The van der Waals surface area contributed by atoms with Gasteiger partial charge in [-0.25, -0.2) is 9.59 Å². The molecule has 1 heterocycles. The lowest BCUT2D eigenvalue weighted by molar-refractivity contribution is -0.144. The summed E-state index contributed by atoms with van der Waals surface area (Å²) in [7, 11) is 0. The maximum Gasteiger partial charge on any atom is 0.332 e. The second-order valence-electron chi connectivity index (χ2n) is 6.29. The van der Waals surface area contributed by atoms with Crippen LogP contribution in [0.1, 0.15) is 51.9 Å². The van der Waals surface area contributed by atoms with Gasteiger partial charge in [0, 0.05) is 19.1 Å². The third kappa shape index (κ3) is 4.09. The molecule has 2 rings (SSSR count). The van der Waals surface area contributed by atoms with Crippen LogP contribution in [0.4, 0.5) is 4.79 Å². The molecule has 1 saturated carbocycles. The van der Waals surface area contributed by atoms with Crippen LogP contribution >= 0.6 is 0 Å². The Morgan fingerprint density at radius 1 is 1.29 bits per heavy atom. The minimum absolute atomic E-state index is 0.0407. The van der Waals surface area contributed by atoms with Gasteiger partial charge in [0.1, 0.15) is 0 Å². The number of urea groups is 1. The first-order valence-electron chi connectivity index (χ1n) is 7.95. The third-order valence-corrected chi connectivity index (χ3v) is 4.66. The minimum Gasteiger partial charge on any atom is -0.479 e. The van der Waals surface area contributed by atoms with Gasteiger partial charge in [-0.3, -0.25) is 0 Å². The first-order chi connectivity index (χ1) is 10.1. The lowest BCUT2D eigenvalue weighted by atomic mass is 9.83. The SMILES string of the molecule is CCCC1CCC(NC(=O)NC2(C(=O)O)CCOC2)CC1. The molecule has 0 aromatic rings. The maximum atomic E-state index is 12.0. The first kappa shape index (κ1) is 16.1. The highest BCUT2D eigenvalue weighted by atomic mass is 16.5. The van der Waals surface area contributed by atoms with Gasteiger partial charge in [0.25, 0.3) is 0 Å². The highest BCUT2D eigenvalue weighted by Crippen LogP contribution is 2.27. The van der Waals surface area contributed by atoms with Crippen molar-refractivity contribution in [3.63, 3.8) is 0 Å². The number of carboxylic acids is 1. The molecular weight excluding hydrogens is 272 g/mol. The normalized spacial score (nSPS) is 32.6. The van der Waals surface area contributed by atoms with Crippen molar-refractivity contribution >= 4 is 12.0 Å². The summed E-state index contributed by atoms with van der Waals surface area (Å²) >= 11 is 0. The zero-order chi connectivity index (χ0) is 15.3. The minimum atomic E-state index is -1.26. The fraction of sp³-hybridized carbons (Fsp3) is 0.867. The Kier molecular flexibility index (Phi) is 5.45. The summed E-state index contributed by atoms with van der Waals surface area (Å²) in [6.07, 6.45) is 7.04. The van der Waals surface area contributed by atoms with E-state index in [2.05, 4.69) is 17.6 Å². The lowest BCUT2D eigenvalue weighted by Gasteiger charge is -2.30. The fourth-order valence-electron chi connectivity index (χ4n) is 3.33. The number of aliphatic carboxylic acids is 1. The molecule has 2 amide bonds. The predicted octanol–water partition coefficient (Wildman–Crippen LogP) is 1.89. The third-order valence-electron chi connectivity index (χ3n) is 4.66. The molecule has 6 heteroatoms. The molecule has 1 aliphatic heterocycles. The zero-order valence-corrected chi connectivity index (χ0v) is 12.7. The van der Waals surface area contributed by atoms with Crippen LogP contribution < -0.4 is 10.6 Å². The molecule has 0 spiro atoms. The van der Waals surface area contributed by atoms with Crippen molar-refractivity contribution in [1.82, 2.24) is 10.6 Å². The quantitative estimate of drug-likeness (QED) is 0.723. The Morgan fingerprint density at radius 2 is 2.00 bits per heavy atom. The van der Waals surface area contributed by atoms with Crippen LogP contribution in [0.5, 0.6) is 0 Å². The van der Waals surface area contributed by atoms with Gasteiger partial charge < -0.3 is 20.5 Å². The number of rotatable bonds is 5. The number of carbonyl (C=O) groups is 2. The van der Waals surface area contributed by atoms with Crippen molar-refractivity contribution < 1.29 is 19.4 Å². The van der Waals surface area contributed by atoms with Crippen LogP contribution in [-0.4, -0.2) is 41.9 Å². The molecule has 3 N–H and O–H groups in total. The van der Waals surface area contributed by atoms with E-state index >= 15 is 0 Å². The number of carboxylic acid groups (broad SMARTS) is 1. The van der Waals surface area contributed by atoms with Crippen molar-refractivity contribution in [3.05, 3.63) is 0 Å². The zero-order valence-electron chi connectivity index (χ0n) is 12.7. The van der Waals surface area contributed by atoms with Gasteiger partial charge in [-0.05, 0) is 31.6 Å². The summed E-state index contributed by atoms with van der Waals surface area (Å²) in [6, 6.07) is -0.229. The molecule has 0 aromatic heterocycles. The molecule has 1 atom stereocenters. The van der Waals surface area contributed by atoms with Crippen LogP contribution in [0.25, 0.3) is 0 Å². The average molecular weight is 298 g/mol. The van der Waals surface area contributed by atoms with E-state index in [0.29, 0.717) is 13.0 Å². The second kappa shape index (κ2) is 7.11. The van der Waals surface area contributed by atoms with E-state index in [1.807, 2.05) is 0 Å². The van der Waals surface area contributed by atoms with Crippen molar-refractivity contribution in [1.29, 1.82) is 0 Å². The van der Waals surface area contributed by atoms with Crippen molar-refractivity contribution in [2.75, 3.05) is 13.2 Å². The molecule has 1 aliphatic carbocycles. The van der Waals surface area contributed by atoms with Crippen LogP contribution in [0.15, 0.2) is 0 Å². The van der Waals surface area contributed by atoms with Crippen LogP contribution in [0.2, 0.25) is 0 Å². The summed E-state index contributed by atoms with van der Waals surface area (Å²) in [5, 5.41) is 14.8. The van der Waals surface area contributed by atoms with Gasteiger partial charge in [0.2, 0.25) is 0 Å². The summed E-state index contributed by atoms with van der Waals surface area (Å²) in [5.74, 6) is -0.244. The summed E-state index contributed by atoms with van der Waals surface area (Å²) in [6.45, 7) is 2.61. The van der Waals surface area contributed by atoms with Gasteiger partial charge in [-0.15, -0.1) is 0 Å². The average Bonchev–Trinajstić information content (AvgIpc) is 2.91. The van der Waals surface area contributed by atoms with Gasteiger partial charge in [0.15, 0.2) is 5.54 Å². The summed E-state index contributed by atoms with van der Waals surface area (Å²) < 4.78 is 5.13. The summed E-state index contributed by atoms with van der Waals surface area (Å²) in [5.41, 5.74) is -1.26. The van der Waals surface area contributed by atoms with E-state index in [4.69, 9.17) is 4.74 Å². The molecule has 1 saturated heterocycles. The first-order valence-corrected chi connectivity index (χ1v) is 7.95. The van der Waals surface area contributed by atoms with Crippen molar-refractivity contribution in [3.8, 4) is 0 Å². The molecule has 2 aliphatic rings. The topological polar surface area (TPSA) is 87.7 Å². The predicted molar refractivity (Wildman–Crippen MR) is 78.1 cm³/mol. The number of amides is 2. The Morgan fingerprint density at radius 3 is 2.52 bits per heavy atom. The number of ether oxygens (including phenoxy) is 1. The smallest absolute Gasteiger partial charge is 0.332 e. The molecule has 1 unspecified atom stereocenters. The molecule has 6 nitrogen and oxygen atoms in total. The fourth-order valence-corrected chi connectivity index (χ4v) is 3.33. The molecule has 120 valence electrons. The van der Waals surface area contributed by atoms with Gasteiger partial charge >= 0.3 is 12.0 Å².